The van der Waals surface area contributed by atoms with Crippen molar-refractivity contribution >= 4 is 11.9 Å². The number of carboxylic acid groups (broad SMARTS) is 1. The summed E-state index contributed by atoms with van der Waals surface area (Å²) in [4.78, 5) is 23.8. The van der Waals surface area contributed by atoms with Gasteiger partial charge < -0.3 is 9.84 Å². The Kier molecular flexibility index (Phi) is 7.96. The molecule has 0 aliphatic carbocycles. The number of hydrogen-bond donors (Lipinski definition) is 1. The molecule has 0 amide bonds. The number of carbonyl (C=O) groups excluding carboxylic acids is 1. The molecule has 1 rings (SSSR count). The van der Waals surface area contributed by atoms with Crippen LogP contribution in [0.1, 0.15) is 86.9 Å². The van der Waals surface area contributed by atoms with Gasteiger partial charge in [-0.25, -0.2) is 9.59 Å². The van der Waals surface area contributed by atoms with Crippen molar-refractivity contribution in [1.82, 2.24) is 0 Å². The van der Waals surface area contributed by atoms with Crippen LogP contribution < -0.4 is 0 Å². The fraction of sp³-hybridized carbons (Fsp3) is 0.600. The highest BCUT2D eigenvalue weighted by atomic mass is 16.5. The van der Waals surface area contributed by atoms with E-state index in [1.54, 1.807) is 12.1 Å². The quantitative estimate of drug-likeness (QED) is 0.490. The number of rotatable bonds is 9. The second-order valence-electron chi connectivity index (χ2n) is 7.31. The van der Waals surface area contributed by atoms with Crippen LogP contribution in [0.5, 0.6) is 0 Å². The maximum Gasteiger partial charge on any atom is 0.339 e. The first-order valence-corrected chi connectivity index (χ1v) is 8.80. The standard InChI is InChI=1S/C20H30O4/c1-5-6-7-8-9-14-17(20(2,3)4)24-19(23)16-13-11-10-12-15(16)18(21)22/h10-13,17H,5-9,14H2,1-4H3,(H,21,22). The Morgan fingerprint density at radius 3 is 2.17 bits per heavy atom. The van der Waals surface area contributed by atoms with Gasteiger partial charge in [-0.1, -0.05) is 65.5 Å². The van der Waals surface area contributed by atoms with Crippen LogP contribution in [0.3, 0.4) is 0 Å². The third-order valence-electron chi connectivity index (χ3n) is 4.16. The minimum Gasteiger partial charge on any atom is -0.478 e. The fourth-order valence-electron chi connectivity index (χ4n) is 2.64. The van der Waals surface area contributed by atoms with Gasteiger partial charge in [0, 0.05) is 0 Å². The summed E-state index contributed by atoms with van der Waals surface area (Å²) in [7, 11) is 0. The molecule has 0 radical (unpaired) electrons. The summed E-state index contributed by atoms with van der Waals surface area (Å²) in [6.07, 6.45) is 6.33. The number of esters is 1. The molecule has 0 saturated carbocycles. The molecule has 0 saturated heterocycles. The van der Waals surface area contributed by atoms with E-state index in [4.69, 9.17) is 4.74 Å². The van der Waals surface area contributed by atoms with Crippen LogP contribution in [0.15, 0.2) is 24.3 Å². The monoisotopic (exact) mass is 334 g/mol. The average molecular weight is 334 g/mol. The molecular weight excluding hydrogens is 304 g/mol. The van der Waals surface area contributed by atoms with Gasteiger partial charge in [-0.2, -0.15) is 0 Å². The molecule has 0 spiro atoms. The SMILES string of the molecule is CCCCCCCC(OC(=O)c1ccccc1C(=O)O)C(C)(C)C. The summed E-state index contributed by atoms with van der Waals surface area (Å²) in [5, 5.41) is 9.22. The maximum atomic E-state index is 12.5. The van der Waals surface area contributed by atoms with Crippen molar-refractivity contribution in [1.29, 1.82) is 0 Å². The predicted molar refractivity (Wildman–Crippen MR) is 95.4 cm³/mol. The van der Waals surface area contributed by atoms with Crippen molar-refractivity contribution in [3.05, 3.63) is 35.4 Å². The molecule has 134 valence electrons. The number of carbonyl (C=O) groups is 2. The zero-order chi connectivity index (χ0) is 18.2. The molecule has 1 N–H and O–H groups in total. The second-order valence-corrected chi connectivity index (χ2v) is 7.31. The lowest BCUT2D eigenvalue weighted by Crippen LogP contribution is -2.32. The number of hydrogen-bond acceptors (Lipinski definition) is 3. The highest BCUT2D eigenvalue weighted by molar-refractivity contribution is 6.02. The average Bonchev–Trinajstić information content (AvgIpc) is 2.52. The van der Waals surface area contributed by atoms with Crippen molar-refractivity contribution in [2.75, 3.05) is 0 Å². The van der Waals surface area contributed by atoms with Crippen LogP contribution in [0, 0.1) is 5.41 Å². The van der Waals surface area contributed by atoms with Gasteiger partial charge in [0.1, 0.15) is 6.10 Å². The van der Waals surface area contributed by atoms with Gasteiger partial charge in [0.2, 0.25) is 0 Å². The molecule has 0 aromatic heterocycles. The van der Waals surface area contributed by atoms with E-state index in [1.165, 1.54) is 31.4 Å². The Morgan fingerprint density at radius 2 is 1.62 bits per heavy atom. The zero-order valence-corrected chi connectivity index (χ0v) is 15.3. The molecule has 24 heavy (non-hydrogen) atoms. The van der Waals surface area contributed by atoms with Crippen molar-refractivity contribution in [2.45, 2.75) is 72.3 Å². The first kappa shape index (κ1) is 20.2. The maximum absolute atomic E-state index is 12.5. The van der Waals surface area contributed by atoms with Gasteiger partial charge in [0.25, 0.3) is 0 Å². The summed E-state index contributed by atoms with van der Waals surface area (Å²) < 4.78 is 5.70. The van der Waals surface area contributed by atoms with E-state index in [9.17, 15) is 14.7 Å². The van der Waals surface area contributed by atoms with Crippen LogP contribution in [0.25, 0.3) is 0 Å². The molecule has 0 heterocycles. The zero-order valence-electron chi connectivity index (χ0n) is 15.3. The number of benzene rings is 1. The minimum atomic E-state index is -1.12. The third-order valence-corrected chi connectivity index (χ3v) is 4.16. The lowest BCUT2D eigenvalue weighted by atomic mass is 9.85. The molecule has 4 heteroatoms. The molecule has 0 bridgehead atoms. The van der Waals surface area contributed by atoms with Crippen LogP contribution >= 0.6 is 0 Å². The van der Waals surface area contributed by atoms with E-state index < -0.39 is 11.9 Å². The number of unbranched alkanes of at least 4 members (excludes halogenated alkanes) is 4. The van der Waals surface area contributed by atoms with Crippen molar-refractivity contribution in [3.8, 4) is 0 Å². The normalized spacial score (nSPS) is 12.7. The second kappa shape index (κ2) is 9.45. The number of ether oxygens (including phenoxy) is 1. The summed E-state index contributed by atoms with van der Waals surface area (Å²) in [5.74, 6) is -1.67. The largest absolute Gasteiger partial charge is 0.478 e. The van der Waals surface area contributed by atoms with Gasteiger partial charge in [0.15, 0.2) is 0 Å². The Balaban J connectivity index is 2.76. The van der Waals surface area contributed by atoms with Crippen LogP contribution in [0.4, 0.5) is 0 Å². The van der Waals surface area contributed by atoms with E-state index >= 15 is 0 Å². The summed E-state index contributed by atoms with van der Waals surface area (Å²) in [6, 6.07) is 6.19. The molecule has 0 aliphatic rings. The van der Waals surface area contributed by atoms with E-state index in [2.05, 4.69) is 6.92 Å². The molecule has 1 aromatic carbocycles. The fourth-order valence-corrected chi connectivity index (χ4v) is 2.64. The number of carboxylic acids is 1. The topological polar surface area (TPSA) is 63.6 Å². The lowest BCUT2D eigenvalue weighted by Gasteiger charge is -2.30. The van der Waals surface area contributed by atoms with Gasteiger partial charge in [-0.3, -0.25) is 0 Å². The Morgan fingerprint density at radius 1 is 1.04 bits per heavy atom. The summed E-state index contributed by atoms with van der Waals surface area (Å²) in [6.45, 7) is 8.31. The van der Waals surface area contributed by atoms with Gasteiger partial charge in [-0.05, 0) is 30.4 Å². The summed E-state index contributed by atoms with van der Waals surface area (Å²) >= 11 is 0. The Labute approximate surface area is 145 Å². The third kappa shape index (κ3) is 6.34. The minimum absolute atomic E-state index is 0.0156. The Bertz CT molecular complexity index is 543. The molecule has 1 atom stereocenters. The molecule has 1 unspecified atom stereocenters. The first-order valence-electron chi connectivity index (χ1n) is 8.80. The highest BCUT2D eigenvalue weighted by Crippen LogP contribution is 2.28. The predicted octanol–water partition coefficient (Wildman–Crippen LogP) is 5.32. The van der Waals surface area contributed by atoms with Crippen molar-refractivity contribution < 1.29 is 19.4 Å². The molecule has 1 aromatic rings. The Hall–Kier alpha value is -1.84. The van der Waals surface area contributed by atoms with Gasteiger partial charge in [0.05, 0.1) is 11.1 Å². The summed E-state index contributed by atoms with van der Waals surface area (Å²) in [5.41, 5.74) is -0.0816. The molecular formula is C20H30O4. The van der Waals surface area contributed by atoms with E-state index in [1.807, 2.05) is 20.8 Å². The van der Waals surface area contributed by atoms with Crippen molar-refractivity contribution in [3.63, 3.8) is 0 Å². The first-order chi connectivity index (χ1) is 11.3. The smallest absolute Gasteiger partial charge is 0.339 e. The van der Waals surface area contributed by atoms with Gasteiger partial charge >= 0.3 is 11.9 Å². The van der Waals surface area contributed by atoms with Crippen LogP contribution in [-0.4, -0.2) is 23.1 Å². The highest BCUT2D eigenvalue weighted by Gasteiger charge is 2.29. The van der Waals surface area contributed by atoms with Crippen LogP contribution in [0.2, 0.25) is 0 Å². The number of aromatic carboxylic acids is 1. The van der Waals surface area contributed by atoms with Gasteiger partial charge in [-0.15, -0.1) is 0 Å². The molecule has 0 fully saturated rings. The van der Waals surface area contributed by atoms with E-state index in [0.29, 0.717) is 0 Å². The van der Waals surface area contributed by atoms with E-state index in [0.717, 1.165) is 19.3 Å². The van der Waals surface area contributed by atoms with Crippen LogP contribution in [-0.2, 0) is 4.74 Å². The molecule has 0 aliphatic heterocycles. The van der Waals surface area contributed by atoms with E-state index in [-0.39, 0.29) is 22.6 Å². The van der Waals surface area contributed by atoms with Crippen molar-refractivity contribution in [2.24, 2.45) is 5.41 Å². The molecule has 4 nitrogen and oxygen atoms in total. The lowest BCUT2D eigenvalue weighted by molar-refractivity contribution is -0.00713.